The van der Waals surface area contributed by atoms with Gasteiger partial charge < -0.3 is 9.47 Å². The molecule has 0 radical (unpaired) electrons. The van der Waals surface area contributed by atoms with Crippen molar-refractivity contribution in [3.63, 3.8) is 0 Å². The Hall–Kier alpha value is -0.570. The Morgan fingerprint density at radius 1 is 1.54 bits per heavy atom. The monoisotopic (exact) mass is 190 g/mol. The molecule has 0 aromatic heterocycles. The lowest BCUT2D eigenvalue weighted by molar-refractivity contribution is -0.159. The lowest BCUT2D eigenvalue weighted by Crippen LogP contribution is -2.26. The highest BCUT2D eigenvalue weighted by Gasteiger charge is 2.34. The molecule has 1 heterocycles. The molecule has 0 N–H and O–H groups in total. The van der Waals surface area contributed by atoms with Crippen LogP contribution in [0, 0.1) is 5.41 Å². The first kappa shape index (κ1) is 14.9. The maximum atomic E-state index is 11.2. The summed E-state index contributed by atoms with van der Waals surface area (Å²) in [7, 11) is 0. The molecule has 80 valence electrons. The average Bonchev–Trinajstić information content (AvgIpc) is 2.72. The van der Waals surface area contributed by atoms with E-state index in [9.17, 15) is 4.79 Å². The lowest BCUT2D eigenvalue weighted by atomic mass is 9.91. The van der Waals surface area contributed by atoms with Crippen molar-refractivity contribution in [1.82, 2.24) is 0 Å². The zero-order valence-electron chi connectivity index (χ0n) is 7.22. The quantitative estimate of drug-likeness (QED) is 0.507. The van der Waals surface area contributed by atoms with Gasteiger partial charge in [-0.15, -0.1) is 0 Å². The van der Waals surface area contributed by atoms with Crippen molar-refractivity contribution in [2.75, 3.05) is 6.61 Å². The van der Waals surface area contributed by atoms with Crippen molar-refractivity contribution in [3.05, 3.63) is 0 Å². The van der Waals surface area contributed by atoms with E-state index in [4.69, 9.17) is 9.47 Å². The van der Waals surface area contributed by atoms with Crippen LogP contribution in [0.3, 0.4) is 0 Å². The Bertz CT molecular complexity index is 160. The number of ether oxygens (including phenoxy) is 2. The third-order valence-electron chi connectivity index (χ3n) is 1.98. The molecule has 0 spiro atoms. The smallest absolute Gasteiger partial charge is 0.313 e. The van der Waals surface area contributed by atoms with E-state index in [-0.39, 0.29) is 32.5 Å². The van der Waals surface area contributed by atoms with Crippen molar-refractivity contribution < 1.29 is 14.3 Å². The Kier molecular flexibility index (Phi) is 6.00. The zero-order chi connectivity index (χ0) is 8.48. The van der Waals surface area contributed by atoms with E-state index in [1.54, 1.807) is 0 Å². The second-order valence-electron chi connectivity index (χ2n) is 3.41. The molecular formula is C10H22O3. The van der Waals surface area contributed by atoms with Gasteiger partial charge in [0.2, 0.25) is 6.29 Å². The summed E-state index contributed by atoms with van der Waals surface area (Å²) in [6, 6.07) is 0. The van der Waals surface area contributed by atoms with Crippen LogP contribution in [0.25, 0.3) is 0 Å². The molecule has 1 atom stereocenters. The van der Waals surface area contributed by atoms with E-state index < -0.39 is 0 Å². The third-order valence-corrected chi connectivity index (χ3v) is 1.98. The first-order valence-corrected chi connectivity index (χ1v) is 3.89. The topological polar surface area (TPSA) is 38.8 Å². The van der Waals surface area contributed by atoms with Gasteiger partial charge in [0, 0.05) is 0 Å². The van der Waals surface area contributed by atoms with Crippen LogP contribution in [0.2, 0.25) is 0 Å². The minimum absolute atomic E-state index is 0. The van der Waals surface area contributed by atoms with Gasteiger partial charge in [-0.3, -0.25) is 4.79 Å². The van der Waals surface area contributed by atoms with E-state index in [2.05, 4.69) is 0 Å². The molecule has 1 aliphatic heterocycles. The molecule has 13 heavy (non-hydrogen) atoms. The summed E-state index contributed by atoms with van der Waals surface area (Å²) in [5.74, 6) is -0.164. The summed E-state index contributed by atoms with van der Waals surface area (Å²) in [4.78, 5) is 11.2. The van der Waals surface area contributed by atoms with Gasteiger partial charge in [-0.1, -0.05) is 21.8 Å². The van der Waals surface area contributed by atoms with Crippen LogP contribution in [-0.4, -0.2) is 18.9 Å². The fourth-order valence-corrected chi connectivity index (χ4v) is 0.531. The minimum atomic E-state index is -0.369. The van der Waals surface area contributed by atoms with Crippen molar-refractivity contribution in [2.24, 2.45) is 5.41 Å². The van der Waals surface area contributed by atoms with E-state index >= 15 is 0 Å². The second-order valence-corrected chi connectivity index (χ2v) is 3.41. The molecule has 1 saturated heterocycles. The van der Waals surface area contributed by atoms with Crippen molar-refractivity contribution in [3.8, 4) is 0 Å². The van der Waals surface area contributed by atoms with E-state index in [0.717, 1.165) is 6.42 Å². The van der Waals surface area contributed by atoms with Gasteiger partial charge >= 0.3 is 5.97 Å². The number of hydrogen-bond donors (Lipinski definition) is 0. The summed E-state index contributed by atoms with van der Waals surface area (Å²) in [6.07, 6.45) is 0.534. The van der Waals surface area contributed by atoms with Gasteiger partial charge in [0.05, 0.1) is 5.41 Å². The van der Waals surface area contributed by atoms with E-state index in [0.29, 0.717) is 6.61 Å². The van der Waals surface area contributed by atoms with Gasteiger partial charge in [0.15, 0.2) is 0 Å². The Morgan fingerprint density at radius 2 is 2.00 bits per heavy atom. The van der Waals surface area contributed by atoms with Crippen LogP contribution in [0.5, 0.6) is 0 Å². The normalized spacial score (nSPS) is 19.5. The van der Waals surface area contributed by atoms with Crippen LogP contribution >= 0.6 is 0 Å². The molecule has 0 aromatic rings. The summed E-state index contributed by atoms with van der Waals surface area (Å²) in [5, 5.41) is 0. The van der Waals surface area contributed by atoms with Crippen molar-refractivity contribution in [1.29, 1.82) is 0 Å². The molecule has 0 amide bonds. The zero-order valence-corrected chi connectivity index (χ0v) is 7.22. The highest BCUT2D eigenvalue weighted by Crippen LogP contribution is 2.24. The van der Waals surface area contributed by atoms with Crippen LogP contribution in [0.1, 0.15) is 42.0 Å². The van der Waals surface area contributed by atoms with Crippen LogP contribution in [0.15, 0.2) is 0 Å². The molecule has 1 aliphatic rings. The molecular weight excluding hydrogens is 168 g/mol. The fourth-order valence-electron chi connectivity index (χ4n) is 0.531. The number of rotatable bonds is 3. The molecule has 3 heteroatoms. The Morgan fingerprint density at radius 3 is 2.31 bits per heavy atom. The summed E-state index contributed by atoms with van der Waals surface area (Å²) < 4.78 is 9.73. The summed E-state index contributed by atoms with van der Waals surface area (Å²) in [5.41, 5.74) is -0.369. The third kappa shape index (κ3) is 4.27. The molecule has 0 aliphatic carbocycles. The van der Waals surface area contributed by atoms with Crippen LogP contribution in [-0.2, 0) is 14.3 Å². The Labute approximate surface area is 81.4 Å². The van der Waals surface area contributed by atoms with Crippen LogP contribution < -0.4 is 0 Å². The maximum Gasteiger partial charge on any atom is 0.313 e. The SMILES string of the molecule is C.C.CCC(C)(C)C(=O)OC1CO1. The maximum absolute atomic E-state index is 11.2. The molecule has 1 fully saturated rings. The average molecular weight is 190 g/mol. The first-order chi connectivity index (χ1) is 5.06. The number of esters is 1. The second kappa shape index (κ2) is 5.22. The highest BCUT2D eigenvalue weighted by molar-refractivity contribution is 5.76. The number of carbonyl (C=O) groups excluding carboxylic acids is 1. The molecule has 0 saturated carbocycles. The standard InChI is InChI=1S/C8H14O3.2CH4/c1-4-8(2,3)7(9)11-6-5-10-6;;/h6H,4-5H2,1-3H3;2*1H4. The van der Waals surface area contributed by atoms with E-state index in [1.807, 2.05) is 20.8 Å². The summed E-state index contributed by atoms with van der Waals surface area (Å²) in [6.45, 7) is 6.27. The number of carbonyl (C=O) groups is 1. The first-order valence-electron chi connectivity index (χ1n) is 3.89. The summed E-state index contributed by atoms with van der Waals surface area (Å²) >= 11 is 0. The van der Waals surface area contributed by atoms with Crippen LogP contribution in [0.4, 0.5) is 0 Å². The minimum Gasteiger partial charge on any atom is -0.433 e. The van der Waals surface area contributed by atoms with Gasteiger partial charge in [-0.2, -0.15) is 0 Å². The molecule has 1 unspecified atom stereocenters. The van der Waals surface area contributed by atoms with Gasteiger partial charge in [-0.05, 0) is 20.3 Å². The van der Waals surface area contributed by atoms with E-state index in [1.165, 1.54) is 0 Å². The predicted molar refractivity (Wildman–Crippen MR) is 53.4 cm³/mol. The predicted octanol–water partition coefficient (Wildman–Crippen LogP) is 2.59. The molecule has 1 rings (SSSR count). The van der Waals surface area contributed by atoms with Gasteiger partial charge in [0.25, 0.3) is 0 Å². The Balaban J connectivity index is 0. The van der Waals surface area contributed by atoms with Gasteiger partial charge in [-0.25, -0.2) is 0 Å². The molecule has 0 bridgehead atoms. The molecule has 0 aromatic carbocycles. The van der Waals surface area contributed by atoms with Crippen molar-refractivity contribution >= 4 is 5.97 Å². The number of epoxide rings is 1. The van der Waals surface area contributed by atoms with Crippen molar-refractivity contribution in [2.45, 2.75) is 48.3 Å². The number of hydrogen-bond acceptors (Lipinski definition) is 3. The largest absolute Gasteiger partial charge is 0.433 e. The van der Waals surface area contributed by atoms with Gasteiger partial charge in [0.1, 0.15) is 6.61 Å². The highest BCUT2D eigenvalue weighted by atomic mass is 16.8. The fraction of sp³-hybridized carbons (Fsp3) is 0.900. The lowest BCUT2D eigenvalue weighted by Gasteiger charge is -2.19. The molecule has 3 nitrogen and oxygen atoms in total.